The first-order valence-corrected chi connectivity index (χ1v) is 4.14. The number of aliphatic hydroxyl groups is 1. The second-order valence-electron chi connectivity index (χ2n) is 3.40. The molecular weight excluding hydrogens is 166 g/mol. The van der Waals surface area contributed by atoms with Crippen molar-refractivity contribution in [2.24, 2.45) is 0 Å². The number of nitrogens with zero attached hydrogens (tertiary/aromatic N) is 1. The molecular formula is C10H11NO2. The van der Waals surface area contributed by atoms with Crippen molar-refractivity contribution in [1.82, 2.24) is 4.65 Å². The first-order valence-electron chi connectivity index (χ1n) is 4.14. The third-order valence-electron chi connectivity index (χ3n) is 2.41. The van der Waals surface area contributed by atoms with Gasteiger partial charge in [0, 0.05) is 6.92 Å². The first-order chi connectivity index (χ1) is 6.06. The zero-order valence-corrected chi connectivity index (χ0v) is 7.34. The van der Waals surface area contributed by atoms with Gasteiger partial charge in [-0.05, 0) is 12.1 Å². The number of hydrogen-bond acceptors (Lipinski definition) is 2. The molecule has 0 fully saturated rings. The quantitative estimate of drug-likeness (QED) is 0.524. The van der Waals surface area contributed by atoms with Crippen LogP contribution in [-0.2, 0) is 0 Å². The van der Waals surface area contributed by atoms with E-state index in [1.165, 1.54) is 19.2 Å². The Bertz CT molecular complexity index is 345. The van der Waals surface area contributed by atoms with Crippen molar-refractivity contribution in [2.45, 2.75) is 12.6 Å². The minimum atomic E-state index is -1.32. The maximum Gasteiger partial charge on any atom is 0.231 e. The monoisotopic (exact) mass is 177 g/mol. The average molecular weight is 177 g/mol. The molecule has 0 saturated carbocycles. The van der Waals surface area contributed by atoms with Crippen LogP contribution in [0.5, 0.6) is 0 Å². The molecule has 13 heavy (non-hydrogen) atoms. The van der Waals surface area contributed by atoms with Gasteiger partial charge in [0.1, 0.15) is 11.9 Å². The van der Waals surface area contributed by atoms with Crippen molar-refractivity contribution in [3.63, 3.8) is 0 Å². The lowest BCUT2D eigenvalue weighted by Gasteiger charge is -2.52. The number of rotatable bonds is 1. The van der Waals surface area contributed by atoms with Gasteiger partial charge in [-0.25, -0.2) is 0 Å². The number of para-hydroxylation sites is 1. The molecule has 1 aromatic rings. The fourth-order valence-corrected chi connectivity index (χ4v) is 1.42. The molecule has 1 aliphatic heterocycles. The number of quaternary nitrogens is 1. The molecule has 0 radical (unpaired) electrons. The zero-order chi connectivity index (χ0) is 9.53. The van der Waals surface area contributed by atoms with Crippen LogP contribution in [0.15, 0.2) is 42.6 Å². The van der Waals surface area contributed by atoms with Gasteiger partial charge in [-0.15, -0.1) is 0 Å². The van der Waals surface area contributed by atoms with Crippen LogP contribution >= 0.6 is 0 Å². The molecule has 3 nitrogen and oxygen atoms in total. The summed E-state index contributed by atoms with van der Waals surface area (Å²) in [7, 11) is 0. The smallest absolute Gasteiger partial charge is 0.231 e. The van der Waals surface area contributed by atoms with Crippen LogP contribution in [0, 0.1) is 5.21 Å². The lowest BCUT2D eigenvalue weighted by Crippen LogP contribution is -2.61. The Morgan fingerprint density at radius 1 is 1.31 bits per heavy atom. The average Bonchev–Trinajstić information content (AvgIpc) is 2.16. The molecule has 3 heteroatoms. The van der Waals surface area contributed by atoms with Gasteiger partial charge in [0.25, 0.3) is 0 Å². The fourth-order valence-electron chi connectivity index (χ4n) is 1.42. The third kappa shape index (κ3) is 1.02. The van der Waals surface area contributed by atoms with Gasteiger partial charge in [-0.3, -0.25) is 4.65 Å². The van der Waals surface area contributed by atoms with Gasteiger partial charge in [-0.2, -0.15) is 0 Å². The predicted molar refractivity (Wildman–Crippen MR) is 51.4 cm³/mol. The zero-order valence-electron chi connectivity index (χ0n) is 7.34. The molecule has 0 aliphatic carbocycles. The van der Waals surface area contributed by atoms with E-state index in [1.807, 2.05) is 6.07 Å². The van der Waals surface area contributed by atoms with E-state index in [-0.39, 0.29) is 0 Å². The van der Waals surface area contributed by atoms with Crippen LogP contribution in [0.1, 0.15) is 6.92 Å². The summed E-state index contributed by atoms with van der Waals surface area (Å²) in [4.78, 5) is 0. The van der Waals surface area contributed by atoms with E-state index in [0.29, 0.717) is 5.69 Å². The van der Waals surface area contributed by atoms with E-state index in [2.05, 4.69) is 0 Å². The van der Waals surface area contributed by atoms with Gasteiger partial charge >= 0.3 is 0 Å². The van der Waals surface area contributed by atoms with Gasteiger partial charge < -0.3 is 10.3 Å². The minimum Gasteiger partial charge on any atom is -0.620 e. The van der Waals surface area contributed by atoms with Gasteiger partial charge in [0.15, 0.2) is 0 Å². The summed E-state index contributed by atoms with van der Waals surface area (Å²) in [5.41, 5.74) is -0.767. The minimum absolute atomic E-state index is 0.551. The Hall–Kier alpha value is -1.16. The lowest BCUT2D eigenvalue weighted by atomic mass is 10.1. The Labute approximate surface area is 76.7 Å². The molecule has 1 aliphatic rings. The van der Waals surface area contributed by atoms with E-state index >= 15 is 0 Å². The third-order valence-corrected chi connectivity index (χ3v) is 2.41. The van der Waals surface area contributed by atoms with Crippen molar-refractivity contribution < 1.29 is 5.11 Å². The standard InChI is InChI=1S/C10H11NO2/c1-10(12)7-8-11(10,13)9-5-3-2-4-6-9/h2-8,12H,1H3. The summed E-state index contributed by atoms with van der Waals surface area (Å²) < 4.78 is -0.784. The Morgan fingerprint density at radius 3 is 2.31 bits per heavy atom. The van der Waals surface area contributed by atoms with Crippen molar-refractivity contribution in [1.29, 1.82) is 0 Å². The van der Waals surface area contributed by atoms with Crippen LogP contribution in [-0.4, -0.2) is 10.8 Å². The molecule has 2 rings (SSSR count). The summed E-state index contributed by atoms with van der Waals surface area (Å²) in [5.74, 6) is 0. The van der Waals surface area contributed by atoms with E-state index in [0.717, 1.165) is 0 Å². The van der Waals surface area contributed by atoms with E-state index in [4.69, 9.17) is 0 Å². The molecule has 0 saturated heterocycles. The summed E-state index contributed by atoms with van der Waals surface area (Å²) in [5, 5.41) is 21.7. The lowest BCUT2D eigenvalue weighted by molar-refractivity contribution is -0.0171. The Morgan fingerprint density at radius 2 is 1.92 bits per heavy atom. The topological polar surface area (TPSA) is 43.3 Å². The highest BCUT2D eigenvalue weighted by molar-refractivity contribution is 5.52. The molecule has 1 heterocycles. The number of benzene rings is 1. The molecule has 0 bridgehead atoms. The summed E-state index contributed by atoms with van der Waals surface area (Å²) >= 11 is 0. The number of hydrogen-bond donors (Lipinski definition) is 1. The molecule has 1 aromatic carbocycles. The fraction of sp³-hybridized carbons (Fsp3) is 0.200. The SMILES string of the molecule is CC1(O)C=C[N+]1([O-])c1ccccc1. The maximum absolute atomic E-state index is 12.0. The van der Waals surface area contributed by atoms with Crippen molar-refractivity contribution in [3.8, 4) is 0 Å². The van der Waals surface area contributed by atoms with Gasteiger partial charge in [0.2, 0.25) is 5.72 Å². The predicted octanol–water partition coefficient (Wildman–Crippen LogP) is 1.73. The summed E-state index contributed by atoms with van der Waals surface area (Å²) in [6.45, 7) is 1.51. The van der Waals surface area contributed by atoms with Gasteiger partial charge in [0.05, 0.1) is 6.08 Å². The maximum atomic E-state index is 12.0. The highest BCUT2D eigenvalue weighted by Crippen LogP contribution is 2.38. The highest BCUT2D eigenvalue weighted by atomic mass is 16.6. The molecule has 2 unspecified atom stereocenters. The second kappa shape index (κ2) is 2.42. The van der Waals surface area contributed by atoms with Crippen molar-refractivity contribution >= 4 is 5.69 Å². The summed E-state index contributed by atoms with van der Waals surface area (Å²) in [6.07, 6.45) is 2.95. The Balaban J connectivity index is 2.44. The molecule has 68 valence electrons. The van der Waals surface area contributed by atoms with E-state index in [1.54, 1.807) is 24.3 Å². The van der Waals surface area contributed by atoms with Crippen LogP contribution in [0.4, 0.5) is 5.69 Å². The molecule has 0 aromatic heterocycles. The van der Waals surface area contributed by atoms with Crippen LogP contribution in [0.3, 0.4) is 0 Å². The highest BCUT2D eigenvalue weighted by Gasteiger charge is 2.45. The molecule has 2 atom stereocenters. The molecule has 0 spiro atoms. The van der Waals surface area contributed by atoms with Crippen LogP contribution in [0.2, 0.25) is 0 Å². The van der Waals surface area contributed by atoms with Crippen LogP contribution in [0.25, 0.3) is 0 Å². The largest absolute Gasteiger partial charge is 0.620 e. The van der Waals surface area contributed by atoms with Crippen LogP contribution < -0.4 is 4.65 Å². The molecule has 0 amide bonds. The van der Waals surface area contributed by atoms with Crippen molar-refractivity contribution in [3.05, 3.63) is 47.8 Å². The normalized spacial score (nSPS) is 37.2. The van der Waals surface area contributed by atoms with Gasteiger partial charge in [-0.1, -0.05) is 18.2 Å². The second-order valence-corrected chi connectivity index (χ2v) is 3.40. The van der Waals surface area contributed by atoms with E-state index in [9.17, 15) is 10.3 Å². The molecule has 1 N–H and O–H groups in total. The van der Waals surface area contributed by atoms with E-state index < -0.39 is 10.4 Å². The first kappa shape index (κ1) is 8.44. The Kier molecular flexibility index (Phi) is 1.57. The van der Waals surface area contributed by atoms with Crippen molar-refractivity contribution in [2.75, 3.05) is 0 Å². The number of hydroxylamine groups is 2. The summed E-state index contributed by atoms with van der Waals surface area (Å²) in [6, 6.07) is 8.84.